The molecule has 0 amide bonds. The molecule has 0 heterocycles. The fourth-order valence-corrected chi connectivity index (χ4v) is 0. The summed E-state index contributed by atoms with van der Waals surface area (Å²) in [6.07, 6.45) is 0. The van der Waals surface area contributed by atoms with E-state index in [0.29, 0.717) is 0 Å². The molecule has 0 aliphatic carbocycles. The zero-order chi connectivity index (χ0) is 0. The van der Waals surface area contributed by atoms with Crippen LogP contribution in [0, 0.1) is 46.9 Å². The average Bonchev–Trinajstić information content (AvgIpc) is 0. The molecule has 0 aliphatic rings. The molecule has 0 N–H and O–H groups in total. The van der Waals surface area contributed by atoms with Gasteiger partial charge in [0.1, 0.15) is 0 Å². The second-order valence-corrected chi connectivity index (χ2v) is 0. The van der Waals surface area contributed by atoms with Crippen LogP contribution in [-0.4, -0.2) is 37.7 Å². The molecule has 0 aromatic rings. The largest absolute Gasteiger partial charge is 2.00 e. The van der Waals surface area contributed by atoms with Crippen molar-refractivity contribution in [1.82, 2.24) is 0 Å². The van der Waals surface area contributed by atoms with E-state index in [0.717, 1.165) is 0 Å². The minimum atomic E-state index is 0. The van der Waals surface area contributed by atoms with Crippen molar-refractivity contribution >= 4 is 37.7 Å². The minimum Gasteiger partial charge on any atom is -1.00 e. The van der Waals surface area contributed by atoms with Gasteiger partial charge in [-0.15, -0.1) is 0 Å². The van der Waals surface area contributed by atoms with Gasteiger partial charge in [0.05, 0.1) is 0 Å². The molecule has 0 nitrogen and oxygen atoms in total. The molecule has 0 spiro atoms. The summed E-state index contributed by atoms with van der Waals surface area (Å²) in [5, 5.41) is 0. The smallest absolute Gasteiger partial charge is 1.00 e. The van der Waals surface area contributed by atoms with E-state index < -0.39 is 0 Å². The Morgan fingerprint density at radius 3 is 1.25 bits per heavy atom. The van der Waals surface area contributed by atoms with Gasteiger partial charge >= 0.3 is 56.6 Å². The van der Waals surface area contributed by atoms with E-state index in [1.165, 1.54) is 0 Å². The van der Waals surface area contributed by atoms with Crippen LogP contribution in [0.4, 0.5) is 0 Å². The van der Waals surface area contributed by atoms with Crippen LogP contribution < -0.4 is 18.9 Å². The zero-order valence-electron chi connectivity index (χ0n) is 5.42. The van der Waals surface area contributed by atoms with Crippen LogP contribution in [0.2, 0.25) is 0 Å². The molecule has 0 aromatic carbocycles. The first-order valence-electron chi connectivity index (χ1n) is 0. The third-order valence-corrected chi connectivity index (χ3v) is 0. The first-order chi connectivity index (χ1) is 0. The second kappa shape index (κ2) is 15.7. The Morgan fingerprint density at radius 1 is 1.25 bits per heavy atom. The summed E-state index contributed by atoms with van der Waals surface area (Å²) in [6, 6.07) is 0. The topological polar surface area (TPSA) is 0 Å². The van der Waals surface area contributed by atoms with Gasteiger partial charge in [-0.1, -0.05) is 0 Å². The Labute approximate surface area is 127 Å². The molecule has 0 fully saturated rings. The van der Waals surface area contributed by atoms with Crippen molar-refractivity contribution in [2.45, 2.75) is 0 Å². The fourth-order valence-electron chi connectivity index (χ4n) is 0. The second-order valence-electron chi connectivity index (χ2n) is 0. The molecule has 25 valence electrons. The molecule has 1 radical (unpaired) electrons. The van der Waals surface area contributed by atoms with Crippen molar-refractivity contribution in [3.05, 3.63) is 0 Å². The standard InChI is InChI=1S/Ca.Li.Nb.Yb.3H/q+2;+1;;;3*-1. The third-order valence-electron chi connectivity index (χ3n) is 0. The van der Waals surface area contributed by atoms with E-state index in [1.807, 2.05) is 0 Å². The SMILES string of the molecule is [Ca+2].[H-].[H-].[H-].[Li+].[Nb].[Yb]. The number of hydrogen-bond acceptors (Lipinski definition) is 0. The average molecular weight is 316 g/mol. The maximum absolute atomic E-state index is 0. The van der Waals surface area contributed by atoms with Gasteiger partial charge in [0.2, 0.25) is 0 Å². The van der Waals surface area contributed by atoms with Crippen molar-refractivity contribution in [3.63, 3.8) is 0 Å². The van der Waals surface area contributed by atoms with Crippen molar-refractivity contribution in [1.29, 1.82) is 0 Å². The first kappa shape index (κ1) is 24.3. The molecule has 0 aromatic heterocycles. The van der Waals surface area contributed by atoms with Crippen LogP contribution in [-0.2, 0) is 22.4 Å². The van der Waals surface area contributed by atoms with E-state index in [9.17, 15) is 0 Å². The molecule has 0 rings (SSSR count). The van der Waals surface area contributed by atoms with E-state index in [-0.39, 0.29) is 130 Å². The molecule has 0 saturated carbocycles. The molecule has 4 heteroatoms. The summed E-state index contributed by atoms with van der Waals surface area (Å²) in [6.45, 7) is 0. The molecular weight excluding hydrogens is 313 g/mol. The summed E-state index contributed by atoms with van der Waals surface area (Å²) in [5.74, 6) is 0. The maximum atomic E-state index is 0. The van der Waals surface area contributed by atoms with Crippen LogP contribution in [0.5, 0.6) is 0 Å². The van der Waals surface area contributed by atoms with Gasteiger partial charge in [-0.2, -0.15) is 0 Å². The summed E-state index contributed by atoms with van der Waals surface area (Å²) in [7, 11) is 0. The molecule has 4 heavy (non-hydrogen) atoms. The van der Waals surface area contributed by atoms with Gasteiger partial charge in [0.15, 0.2) is 0 Å². The Bertz CT molecular complexity index is 14.9. The van der Waals surface area contributed by atoms with Crippen molar-refractivity contribution in [2.75, 3.05) is 0 Å². The van der Waals surface area contributed by atoms with E-state index >= 15 is 0 Å². The fraction of sp³-hybridized carbons (Fsp3) is 0. The van der Waals surface area contributed by atoms with Crippen LogP contribution in [0.3, 0.4) is 0 Å². The Balaban J connectivity index is 0. The number of hydrogen-bond donors (Lipinski definition) is 0. The molecule has 0 aliphatic heterocycles. The van der Waals surface area contributed by atoms with Crippen LogP contribution in [0.25, 0.3) is 0 Å². The summed E-state index contributed by atoms with van der Waals surface area (Å²) >= 11 is 0. The maximum Gasteiger partial charge on any atom is 2.00 e. The Kier molecular flexibility index (Phi) is 95.3. The van der Waals surface area contributed by atoms with Gasteiger partial charge in [-0.3, -0.25) is 0 Å². The van der Waals surface area contributed by atoms with Crippen LogP contribution >= 0.6 is 0 Å². The van der Waals surface area contributed by atoms with Crippen molar-refractivity contribution in [3.8, 4) is 0 Å². The Morgan fingerprint density at radius 2 is 1.25 bits per heavy atom. The van der Waals surface area contributed by atoms with Crippen LogP contribution in [0.1, 0.15) is 4.28 Å². The number of rotatable bonds is 0. The van der Waals surface area contributed by atoms with Gasteiger partial charge in [-0.25, -0.2) is 0 Å². The predicted octanol–water partition coefficient (Wildman–Crippen LogP) is -3.04. The zero-order valence-corrected chi connectivity index (χ0v) is 8.54. The molecule has 0 atom stereocenters. The molecular formula is H3CaLiNbYb. The summed E-state index contributed by atoms with van der Waals surface area (Å²) in [5.41, 5.74) is 0. The summed E-state index contributed by atoms with van der Waals surface area (Å²) < 4.78 is 0. The quantitative estimate of drug-likeness (QED) is 0.417. The normalized spacial score (nSPS) is 0. The van der Waals surface area contributed by atoms with E-state index in [4.69, 9.17) is 0 Å². The van der Waals surface area contributed by atoms with Gasteiger partial charge in [0.25, 0.3) is 0 Å². The predicted molar refractivity (Wildman–Crippen MR) is 9.09 cm³/mol. The monoisotopic (exact) mass is 317 g/mol. The van der Waals surface area contributed by atoms with E-state index in [1.54, 1.807) is 0 Å². The van der Waals surface area contributed by atoms with Crippen molar-refractivity contribution in [2.24, 2.45) is 0 Å². The third kappa shape index (κ3) is 9.45. The molecule has 0 unspecified atom stereocenters. The van der Waals surface area contributed by atoms with Gasteiger partial charge < -0.3 is 4.28 Å². The van der Waals surface area contributed by atoms with Crippen LogP contribution in [0.15, 0.2) is 0 Å². The minimum absolute atomic E-state index is 0. The van der Waals surface area contributed by atoms with Gasteiger partial charge in [-0.05, 0) is 0 Å². The van der Waals surface area contributed by atoms with Gasteiger partial charge in [0, 0.05) is 69.3 Å². The molecule has 0 saturated heterocycles. The Hall–Kier alpha value is 4.12. The van der Waals surface area contributed by atoms with Crippen molar-refractivity contribution < 1.29 is 92.4 Å². The summed E-state index contributed by atoms with van der Waals surface area (Å²) in [4.78, 5) is 0. The first-order valence-corrected chi connectivity index (χ1v) is 0. The molecule has 0 bridgehead atoms. The van der Waals surface area contributed by atoms with E-state index in [2.05, 4.69) is 0 Å².